The fourth-order valence-corrected chi connectivity index (χ4v) is 1.42. The lowest BCUT2D eigenvalue weighted by Gasteiger charge is -2.01. The maximum Gasteiger partial charge on any atom is 0.172 e. The van der Waals surface area contributed by atoms with Crippen molar-refractivity contribution in [2.24, 2.45) is 0 Å². The van der Waals surface area contributed by atoms with E-state index in [0.717, 1.165) is 12.1 Å². The Labute approximate surface area is 87.3 Å². The molecule has 0 fully saturated rings. The molecule has 0 aliphatic carbocycles. The molecule has 0 unspecified atom stereocenters. The Bertz CT molecular complexity index is 436. The van der Waals surface area contributed by atoms with Crippen LogP contribution in [-0.4, -0.2) is 14.8 Å². The second kappa shape index (κ2) is 3.80. The van der Waals surface area contributed by atoms with E-state index in [1.807, 2.05) is 12.3 Å². The Morgan fingerprint density at radius 3 is 2.93 bits per heavy atom. The van der Waals surface area contributed by atoms with Crippen LogP contribution in [0.15, 0.2) is 30.6 Å². The number of halogens is 1. The molecule has 0 atom stereocenters. The highest BCUT2D eigenvalue weighted by Crippen LogP contribution is 2.16. The third-order valence-corrected chi connectivity index (χ3v) is 2.26. The molecule has 2 aromatic heterocycles. The topological polar surface area (TPSA) is 30.7 Å². The SMILES string of the molecule is CCc1ccn(-c2ncccc2Cl)n1. The summed E-state index contributed by atoms with van der Waals surface area (Å²) in [6, 6.07) is 5.57. The van der Waals surface area contributed by atoms with E-state index in [-0.39, 0.29) is 0 Å². The fraction of sp³-hybridized carbons (Fsp3) is 0.200. The average molecular weight is 208 g/mol. The number of hydrogen-bond acceptors (Lipinski definition) is 2. The minimum Gasteiger partial charge on any atom is -0.236 e. The molecule has 3 nitrogen and oxygen atoms in total. The lowest BCUT2D eigenvalue weighted by Crippen LogP contribution is -1.99. The second-order valence-electron chi connectivity index (χ2n) is 2.91. The zero-order valence-corrected chi connectivity index (χ0v) is 8.57. The number of aromatic nitrogens is 3. The number of rotatable bonds is 2. The zero-order valence-electron chi connectivity index (χ0n) is 7.81. The predicted molar refractivity (Wildman–Crippen MR) is 55.7 cm³/mol. The standard InChI is InChI=1S/C10H10ClN3/c1-2-8-5-7-14(13-8)10-9(11)4-3-6-12-10/h3-7H,2H2,1H3. The van der Waals surface area contributed by atoms with Gasteiger partial charge in [0.25, 0.3) is 0 Å². The Balaban J connectivity index is 2.44. The van der Waals surface area contributed by atoms with Gasteiger partial charge in [0, 0.05) is 12.4 Å². The minimum absolute atomic E-state index is 0.609. The third kappa shape index (κ3) is 1.63. The summed E-state index contributed by atoms with van der Waals surface area (Å²) in [5.74, 6) is 0.675. The van der Waals surface area contributed by atoms with Gasteiger partial charge in [-0.25, -0.2) is 9.67 Å². The molecule has 4 heteroatoms. The molecule has 0 saturated carbocycles. The van der Waals surface area contributed by atoms with Crippen molar-refractivity contribution in [2.75, 3.05) is 0 Å². The van der Waals surface area contributed by atoms with Crippen LogP contribution in [0, 0.1) is 0 Å². The first-order chi connectivity index (χ1) is 6.81. The Kier molecular flexibility index (Phi) is 2.50. The lowest BCUT2D eigenvalue weighted by atomic mass is 10.4. The maximum atomic E-state index is 5.99. The van der Waals surface area contributed by atoms with Gasteiger partial charge in [-0.15, -0.1) is 0 Å². The van der Waals surface area contributed by atoms with Gasteiger partial charge in [0.15, 0.2) is 5.82 Å². The van der Waals surface area contributed by atoms with Crippen molar-refractivity contribution in [1.29, 1.82) is 0 Å². The van der Waals surface area contributed by atoms with E-state index in [1.165, 1.54) is 0 Å². The summed E-state index contributed by atoms with van der Waals surface area (Å²) in [7, 11) is 0. The number of nitrogens with zero attached hydrogens (tertiary/aromatic N) is 3. The smallest absolute Gasteiger partial charge is 0.172 e. The Hall–Kier alpha value is -1.35. The van der Waals surface area contributed by atoms with Crippen molar-refractivity contribution in [3.05, 3.63) is 41.3 Å². The van der Waals surface area contributed by atoms with E-state index < -0.39 is 0 Å². The maximum absolute atomic E-state index is 5.99. The van der Waals surface area contributed by atoms with Crippen molar-refractivity contribution < 1.29 is 0 Å². The quantitative estimate of drug-likeness (QED) is 0.758. The monoisotopic (exact) mass is 207 g/mol. The van der Waals surface area contributed by atoms with Gasteiger partial charge in [-0.05, 0) is 24.6 Å². The molecule has 0 amide bonds. The molecule has 0 aromatic carbocycles. The van der Waals surface area contributed by atoms with Gasteiger partial charge in [0.05, 0.1) is 10.7 Å². The summed E-state index contributed by atoms with van der Waals surface area (Å²) in [5, 5.41) is 4.94. The molecule has 0 aliphatic rings. The molecule has 0 spiro atoms. The average Bonchev–Trinajstić information content (AvgIpc) is 2.67. The molecule has 14 heavy (non-hydrogen) atoms. The first-order valence-corrected chi connectivity index (χ1v) is 4.84. The summed E-state index contributed by atoms with van der Waals surface area (Å²) in [6.45, 7) is 2.06. The summed E-state index contributed by atoms with van der Waals surface area (Å²) in [6.07, 6.45) is 4.49. The van der Waals surface area contributed by atoms with Crippen LogP contribution >= 0.6 is 11.6 Å². The van der Waals surface area contributed by atoms with Gasteiger partial charge in [0.1, 0.15) is 0 Å². The lowest BCUT2D eigenvalue weighted by molar-refractivity contribution is 0.816. The van der Waals surface area contributed by atoms with E-state index in [4.69, 9.17) is 11.6 Å². The zero-order chi connectivity index (χ0) is 9.97. The third-order valence-electron chi connectivity index (χ3n) is 1.96. The summed E-state index contributed by atoms with van der Waals surface area (Å²) >= 11 is 5.99. The van der Waals surface area contributed by atoms with Crippen molar-refractivity contribution >= 4 is 11.6 Å². The van der Waals surface area contributed by atoms with Crippen LogP contribution < -0.4 is 0 Å². The Morgan fingerprint density at radius 1 is 1.43 bits per heavy atom. The highest BCUT2D eigenvalue weighted by atomic mass is 35.5. The fourth-order valence-electron chi connectivity index (χ4n) is 1.21. The van der Waals surface area contributed by atoms with Crippen molar-refractivity contribution in [1.82, 2.24) is 14.8 Å². The highest BCUT2D eigenvalue weighted by molar-refractivity contribution is 6.32. The van der Waals surface area contributed by atoms with Gasteiger partial charge in [-0.2, -0.15) is 5.10 Å². The van der Waals surface area contributed by atoms with Crippen molar-refractivity contribution in [3.63, 3.8) is 0 Å². The molecule has 0 radical (unpaired) electrons. The van der Waals surface area contributed by atoms with Crippen LogP contribution in [0.1, 0.15) is 12.6 Å². The van der Waals surface area contributed by atoms with Crippen LogP contribution in [0.3, 0.4) is 0 Å². The summed E-state index contributed by atoms with van der Waals surface area (Å²) in [4.78, 5) is 4.16. The molecule has 72 valence electrons. The molecular formula is C10H10ClN3. The largest absolute Gasteiger partial charge is 0.236 e. The first-order valence-electron chi connectivity index (χ1n) is 4.46. The number of aryl methyl sites for hydroxylation is 1. The molecule has 0 saturated heterocycles. The van der Waals surface area contributed by atoms with Gasteiger partial charge >= 0.3 is 0 Å². The van der Waals surface area contributed by atoms with Gasteiger partial charge in [-0.3, -0.25) is 0 Å². The first kappa shape index (κ1) is 9.21. The predicted octanol–water partition coefficient (Wildman–Crippen LogP) is 2.48. The van der Waals surface area contributed by atoms with Crippen LogP contribution in [0.4, 0.5) is 0 Å². The minimum atomic E-state index is 0.609. The molecule has 0 N–H and O–H groups in total. The van der Waals surface area contributed by atoms with Crippen molar-refractivity contribution in [3.8, 4) is 5.82 Å². The molecular weight excluding hydrogens is 198 g/mol. The molecule has 2 aromatic rings. The molecule has 2 rings (SSSR count). The summed E-state index contributed by atoms with van der Waals surface area (Å²) < 4.78 is 1.70. The van der Waals surface area contributed by atoms with Crippen LogP contribution in [-0.2, 0) is 6.42 Å². The molecule has 2 heterocycles. The van der Waals surface area contributed by atoms with E-state index in [1.54, 1.807) is 23.0 Å². The van der Waals surface area contributed by atoms with Crippen LogP contribution in [0.5, 0.6) is 0 Å². The van der Waals surface area contributed by atoms with E-state index in [9.17, 15) is 0 Å². The second-order valence-corrected chi connectivity index (χ2v) is 3.32. The van der Waals surface area contributed by atoms with Crippen LogP contribution in [0.25, 0.3) is 5.82 Å². The Morgan fingerprint density at radius 2 is 2.29 bits per heavy atom. The number of pyridine rings is 1. The van der Waals surface area contributed by atoms with Crippen LogP contribution in [0.2, 0.25) is 5.02 Å². The molecule has 0 bridgehead atoms. The van der Waals surface area contributed by atoms with Gasteiger partial charge in [-0.1, -0.05) is 18.5 Å². The molecule has 0 aliphatic heterocycles. The highest BCUT2D eigenvalue weighted by Gasteiger charge is 2.04. The van der Waals surface area contributed by atoms with E-state index in [2.05, 4.69) is 17.0 Å². The van der Waals surface area contributed by atoms with E-state index in [0.29, 0.717) is 10.8 Å². The summed E-state index contributed by atoms with van der Waals surface area (Å²) in [5.41, 5.74) is 1.03. The van der Waals surface area contributed by atoms with Crippen molar-refractivity contribution in [2.45, 2.75) is 13.3 Å². The van der Waals surface area contributed by atoms with Gasteiger partial charge in [0.2, 0.25) is 0 Å². The van der Waals surface area contributed by atoms with E-state index >= 15 is 0 Å². The number of hydrogen-bond donors (Lipinski definition) is 0. The normalized spacial score (nSPS) is 10.4. The van der Waals surface area contributed by atoms with Gasteiger partial charge < -0.3 is 0 Å².